The van der Waals surface area contributed by atoms with Gasteiger partial charge in [0.2, 0.25) is 18.6 Å². The number of aromatic nitrogens is 3. The highest BCUT2D eigenvalue weighted by Gasteiger charge is 2.40. The van der Waals surface area contributed by atoms with Crippen LogP contribution in [0.2, 0.25) is 0 Å². The van der Waals surface area contributed by atoms with Gasteiger partial charge in [0, 0.05) is 17.2 Å². The minimum Gasteiger partial charge on any atom is -0.454 e. The van der Waals surface area contributed by atoms with Crippen LogP contribution in [0.25, 0.3) is 5.69 Å². The van der Waals surface area contributed by atoms with Gasteiger partial charge in [0.05, 0.1) is 34.6 Å². The van der Waals surface area contributed by atoms with E-state index in [1.165, 1.54) is 11.8 Å². The fourth-order valence-electron chi connectivity index (χ4n) is 5.27. The van der Waals surface area contributed by atoms with Gasteiger partial charge in [-0.15, -0.1) is 11.8 Å². The number of para-hydroxylation sites is 1. The van der Waals surface area contributed by atoms with Crippen LogP contribution in [0.5, 0.6) is 11.5 Å². The average Bonchev–Trinajstić information content (AvgIpc) is 3.58. The van der Waals surface area contributed by atoms with E-state index in [0.29, 0.717) is 17.3 Å². The number of hydrogen-bond acceptors (Lipinski definition) is 7. The number of nitrogens with one attached hydrogen (secondary N) is 1. The van der Waals surface area contributed by atoms with E-state index < -0.39 is 0 Å². The van der Waals surface area contributed by atoms with Gasteiger partial charge in [0.1, 0.15) is 12.4 Å². The molecular weight excluding hydrogens is 550 g/mol. The minimum absolute atomic E-state index is 0.145. The quantitative estimate of drug-likeness (QED) is 0.338. The van der Waals surface area contributed by atoms with E-state index in [-0.39, 0.29) is 48.1 Å². The molecule has 0 radical (unpaired) electrons. The molecule has 1 atom stereocenters. The molecule has 0 saturated heterocycles. The first-order valence-electron chi connectivity index (χ1n) is 13.9. The van der Waals surface area contributed by atoms with Gasteiger partial charge < -0.3 is 14.8 Å². The molecular formula is C32H33N5O4S. The van der Waals surface area contributed by atoms with Crippen LogP contribution in [-0.4, -0.2) is 45.7 Å². The summed E-state index contributed by atoms with van der Waals surface area (Å²) < 4.78 is 13.1. The number of nitrogens with zero attached hydrogens (tertiary/aromatic N) is 4. The van der Waals surface area contributed by atoms with Crippen LogP contribution in [0.1, 0.15) is 54.1 Å². The van der Waals surface area contributed by atoms with Crippen molar-refractivity contribution in [2.75, 3.05) is 24.0 Å². The third-order valence-electron chi connectivity index (χ3n) is 7.34. The number of amides is 2. The van der Waals surface area contributed by atoms with Gasteiger partial charge in [0.25, 0.3) is 0 Å². The van der Waals surface area contributed by atoms with Gasteiger partial charge in [-0.1, -0.05) is 51.1 Å². The largest absolute Gasteiger partial charge is 0.454 e. The van der Waals surface area contributed by atoms with Crippen LogP contribution in [0.4, 0.5) is 5.82 Å². The van der Waals surface area contributed by atoms with Crippen molar-refractivity contribution < 1.29 is 19.1 Å². The molecule has 4 aromatic rings. The van der Waals surface area contributed by atoms with Crippen molar-refractivity contribution in [2.24, 2.45) is 0 Å². The van der Waals surface area contributed by atoms with Crippen molar-refractivity contribution in [2.45, 2.75) is 44.9 Å². The number of carbonyl (C=O) groups is 2. The molecule has 10 heteroatoms. The first-order valence-corrected chi connectivity index (χ1v) is 14.9. The zero-order valence-corrected chi connectivity index (χ0v) is 24.9. The van der Waals surface area contributed by atoms with Crippen LogP contribution >= 0.6 is 11.8 Å². The second kappa shape index (κ2) is 11.2. The van der Waals surface area contributed by atoms with Gasteiger partial charge in [-0.2, -0.15) is 5.10 Å². The van der Waals surface area contributed by atoms with Gasteiger partial charge in [0.15, 0.2) is 11.5 Å². The van der Waals surface area contributed by atoms with Gasteiger partial charge in [-0.05, 0) is 48.4 Å². The molecule has 42 heavy (non-hydrogen) atoms. The van der Waals surface area contributed by atoms with Crippen LogP contribution < -0.4 is 19.7 Å². The van der Waals surface area contributed by atoms with Crippen molar-refractivity contribution in [1.82, 2.24) is 20.1 Å². The maximum absolute atomic E-state index is 13.9. The highest BCUT2D eigenvalue weighted by molar-refractivity contribution is 8.00. The number of hydrogen-bond donors (Lipinski definition) is 1. The Bertz CT molecular complexity index is 1650. The average molecular weight is 584 g/mol. The summed E-state index contributed by atoms with van der Waals surface area (Å²) in [5.41, 5.74) is 5.01. The lowest BCUT2D eigenvalue weighted by atomic mass is 9.87. The lowest BCUT2D eigenvalue weighted by Crippen LogP contribution is -2.42. The number of carbonyl (C=O) groups excluding carboxylic acids is 2. The molecule has 216 valence electrons. The van der Waals surface area contributed by atoms with E-state index in [2.05, 4.69) is 31.1 Å². The topological polar surface area (TPSA) is 98.6 Å². The maximum atomic E-state index is 13.9. The van der Waals surface area contributed by atoms with Crippen LogP contribution in [0, 0.1) is 6.92 Å². The van der Waals surface area contributed by atoms with Crippen LogP contribution in [0.15, 0.2) is 66.9 Å². The maximum Gasteiger partial charge on any atom is 0.240 e. The molecule has 4 heterocycles. The van der Waals surface area contributed by atoms with Crippen molar-refractivity contribution in [1.29, 1.82) is 0 Å². The van der Waals surface area contributed by atoms with E-state index in [4.69, 9.17) is 14.6 Å². The normalized spacial score (nSPS) is 16.2. The predicted octanol–water partition coefficient (Wildman–Crippen LogP) is 5.09. The Kier molecular flexibility index (Phi) is 7.40. The molecule has 2 aromatic heterocycles. The molecule has 2 amide bonds. The minimum atomic E-state index is -0.354. The highest BCUT2D eigenvalue weighted by atomic mass is 32.2. The number of ether oxygens (including phenoxy) is 2. The summed E-state index contributed by atoms with van der Waals surface area (Å²) in [6, 6.07) is 19.4. The molecule has 2 aliphatic rings. The number of anilines is 1. The van der Waals surface area contributed by atoms with Gasteiger partial charge >= 0.3 is 0 Å². The van der Waals surface area contributed by atoms with E-state index in [1.54, 1.807) is 11.1 Å². The number of pyridine rings is 1. The highest BCUT2D eigenvalue weighted by Crippen LogP contribution is 2.50. The fourth-order valence-corrected chi connectivity index (χ4v) is 6.46. The summed E-state index contributed by atoms with van der Waals surface area (Å²) in [6.45, 7) is 8.69. The third kappa shape index (κ3) is 5.34. The lowest BCUT2D eigenvalue weighted by molar-refractivity contribution is -0.123. The first-order chi connectivity index (χ1) is 20.2. The molecule has 0 saturated carbocycles. The zero-order chi connectivity index (χ0) is 29.4. The summed E-state index contributed by atoms with van der Waals surface area (Å²) in [7, 11) is 0. The Morgan fingerprint density at radius 2 is 1.86 bits per heavy atom. The van der Waals surface area contributed by atoms with Crippen LogP contribution in [-0.2, 0) is 21.5 Å². The Morgan fingerprint density at radius 1 is 1.07 bits per heavy atom. The van der Waals surface area contributed by atoms with Gasteiger partial charge in [-0.25, -0.2) is 4.68 Å². The fraction of sp³-hybridized carbons (Fsp3) is 0.312. The molecule has 6 rings (SSSR count). The number of thioether (sulfide) groups is 1. The second-order valence-corrected chi connectivity index (χ2v) is 12.5. The molecule has 0 fully saturated rings. The Labute approximate surface area is 249 Å². The first kappa shape index (κ1) is 27.8. The standard InChI is InChI=1S/C32H33N5O4S/c1-20-9-5-6-11-23(20)37-31-28(30(35-37)32(2,3)4)29(21-12-13-24-25(15-21)41-19-40-24)42-18-27(39)36(31)17-26(38)34-16-22-10-7-8-14-33-22/h5-15,29H,16-19H2,1-4H3,(H,34,38). The summed E-state index contributed by atoms with van der Waals surface area (Å²) in [6.07, 6.45) is 1.69. The molecule has 0 aliphatic carbocycles. The predicted molar refractivity (Wildman–Crippen MR) is 162 cm³/mol. The monoisotopic (exact) mass is 583 g/mol. The van der Waals surface area contributed by atoms with Crippen LogP contribution in [0.3, 0.4) is 0 Å². The Balaban J connectivity index is 1.49. The van der Waals surface area contributed by atoms with Gasteiger partial charge in [-0.3, -0.25) is 19.5 Å². The number of benzene rings is 2. The molecule has 0 bridgehead atoms. The van der Waals surface area contributed by atoms with Crippen molar-refractivity contribution in [3.8, 4) is 17.2 Å². The van der Waals surface area contributed by atoms with Crippen molar-refractivity contribution >= 4 is 29.4 Å². The molecule has 1 unspecified atom stereocenters. The third-order valence-corrected chi connectivity index (χ3v) is 8.59. The summed E-state index contributed by atoms with van der Waals surface area (Å²) in [5.74, 6) is 1.75. The molecule has 2 aliphatic heterocycles. The number of fused-ring (bicyclic) bond motifs is 2. The second-order valence-electron chi connectivity index (χ2n) is 11.4. The van der Waals surface area contributed by atoms with E-state index in [0.717, 1.165) is 33.8 Å². The SMILES string of the molecule is Cc1ccccc1-n1nc(C(C)(C)C)c2c1N(CC(=O)NCc1ccccn1)C(=O)CSC2c1ccc2c(c1)OCO2. The number of aryl methyl sites for hydroxylation is 1. The summed E-state index contributed by atoms with van der Waals surface area (Å²) >= 11 is 1.53. The number of rotatable bonds is 6. The van der Waals surface area contributed by atoms with E-state index in [9.17, 15) is 9.59 Å². The summed E-state index contributed by atoms with van der Waals surface area (Å²) in [5, 5.41) is 7.89. The van der Waals surface area contributed by atoms with Crippen molar-refractivity contribution in [3.05, 3.63) is 94.9 Å². The van der Waals surface area contributed by atoms with Crippen molar-refractivity contribution in [3.63, 3.8) is 0 Å². The van der Waals surface area contributed by atoms with E-state index in [1.807, 2.05) is 72.3 Å². The zero-order valence-electron chi connectivity index (χ0n) is 24.1. The molecule has 1 N–H and O–H groups in total. The molecule has 9 nitrogen and oxygen atoms in total. The molecule has 0 spiro atoms. The molecule has 2 aromatic carbocycles. The Morgan fingerprint density at radius 3 is 2.62 bits per heavy atom. The summed E-state index contributed by atoms with van der Waals surface area (Å²) in [4.78, 5) is 33.1. The smallest absolute Gasteiger partial charge is 0.240 e. The lowest BCUT2D eigenvalue weighted by Gasteiger charge is -2.25. The Hall–Kier alpha value is -4.31. The van der Waals surface area contributed by atoms with E-state index >= 15 is 0 Å².